The summed E-state index contributed by atoms with van der Waals surface area (Å²) in [6.45, 7) is 0. The fourth-order valence-electron chi connectivity index (χ4n) is 8.64. The lowest BCUT2D eigenvalue weighted by molar-refractivity contribution is 0.674. The first-order valence-electron chi connectivity index (χ1n) is 19.2. The van der Waals surface area contributed by atoms with E-state index in [0.29, 0.717) is 0 Å². The van der Waals surface area contributed by atoms with Crippen molar-refractivity contribution in [1.82, 2.24) is 9.88 Å². The molecule has 0 amide bonds. The molecule has 0 fully saturated rings. The molecule has 1 aliphatic heterocycles. The minimum absolute atomic E-state index is 0.242. The van der Waals surface area contributed by atoms with Crippen molar-refractivity contribution in [3.63, 3.8) is 0 Å². The smallest absolute Gasteiger partial charge is 0.159 e. The number of aliphatic imine (C=N–C) groups is 2. The van der Waals surface area contributed by atoms with Crippen molar-refractivity contribution in [2.45, 2.75) is 6.17 Å². The molecule has 8 aromatic carbocycles. The van der Waals surface area contributed by atoms with E-state index in [1.54, 1.807) is 0 Å². The Balaban J connectivity index is 0.995. The molecule has 3 aromatic heterocycles. The summed E-state index contributed by atoms with van der Waals surface area (Å²) in [6.07, 6.45) is -0.242. The Morgan fingerprint density at radius 3 is 1.91 bits per heavy atom. The van der Waals surface area contributed by atoms with Gasteiger partial charge in [-0.05, 0) is 71.3 Å². The molecule has 1 atom stereocenters. The van der Waals surface area contributed by atoms with Crippen LogP contribution in [0.4, 0.5) is 0 Å². The molecule has 0 spiro atoms. The van der Waals surface area contributed by atoms with Crippen LogP contribution in [0.5, 0.6) is 0 Å². The van der Waals surface area contributed by atoms with Crippen LogP contribution in [0, 0.1) is 0 Å². The highest BCUT2D eigenvalue weighted by Gasteiger charge is 2.22. The number of benzene rings is 8. The number of nitrogens with one attached hydrogen (secondary N) is 1. The Morgan fingerprint density at radius 2 is 1.12 bits per heavy atom. The quantitative estimate of drug-likeness (QED) is 0.186. The van der Waals surface area contributed by atoms with Gasteiger partial charge in [-0.3, -0.25) is 0 Å². The van der Waals surface area contributed by atoms with E-state index < -0.39 is 0 Å². The second-order valence-corrected chi connectivity index (χ2v) is 16.7. The largest absolute Gasteiger partial charge is 0.344 e. The molecule has 4 nitrogen and oxygen atoms in total. The zero-order chi connectivity index (χ0) is 37.5. The molecule has 1 aliphatic rings. The van der Waals surface area contributed by atoms with Crippen molar-refractivity contribution in [3.05, 3.63) is 199 Å². The number of thiophene rings is 2. The van der Waals surface area contributed by atoms with Crippen LogP contribution in [-0.2, 0) is 0 Å². The molecule has 0 radical (unpaired) electrons. The van der Waals surface area contributed by atoms with E-state index in [2.05, 4.69) is 168 Å². The van der Waals surface area contributed by atoms with Crippen LogP contribution >= 0.6 is 22.7 Å². The van der Waals surface area contributed by atoms with Gasteiger partial charge < -0.3 is 9.88 Å². The number of hydrogen-bond donors (Lipinski definition) is 1. The van der Waals surface area contributed by atoms with Crippen LogP contribution in [-0.4, -0.2) is 16.2 Å². The van der Waals surface area contributed by atoms with Gasteiger partial charge in [-0.25, -0.2) is 9.98 Å². The second kappa shape index (κ2) is 12.8. The van der Waals surface area contributed by atoms with E-state index in [4.69, 9.17) is 9.98 Å². The SMILES string of the molecule is c1ccc(C2=NC(c3ccccc3)NC(c3ccc4sc5c(-c6ccc7sc8cccc(-n9c%10ccccc%10c%10ccccc%109)c8c7c6)cccc5c4c3)=N2)cc1. The van der Waals surface area contributed by atoms with Gasteiger partial charge >= 0.3 is 0 Å². The molecule has 1 N–H and O–H groups in total. The van der Waals surface area contributed by atoms with Crippen molar-refractivity contribution >= 4 is 96.5 Å². The average Bonchev–Trinajstić information content (AvgIpc) is 3.96. The topological polar surface area (TPSA) is 41.7 Å². The number of para-hydroxylation sites is 2. The predicted molar refractivity (Wildman–Crippen MR) is 244 cm³/mol. The molecule has 12 rings (SSSR count). The summed E-state index contributed by atoms with van der Waals surface area (Å²) in [6, 6.07) is 65.5. The van der Waals surface area contributed by atoms with Crippen LogP contribution < -0.4 is 5.32 Å². The number of fused-ring (bicyclic) bond motifs is 9. The fourth-order valence-corrected chi connectivity index (χ4v) is 11.0. The van der Waals surface area contributed by atoms with Crippen molar-refractivity contribution in [1.29, 1.82) is 0 Å². The molecule has 0 saturated heterocycles. The van der Waals surface area contributed by atoms with Crippen molar-refractivity contribution in [2.75, 3.05) is 0 Å². The highest BCUT2D eigenvalue weighted by Crippen LogP contribution is 2.45. The van der Waals surface area contributed by atoms with Gasteiger partial charge in [-0.2, -0.15) is 0 Å². The Bertz CT molecular complexity index is 3390. The molecule has 11 aromatic rings. The summed E-state index contributed by atoms with van der Waals surface area (Å²) in [5, 5.41) is 11.3. The molecule has 4 heterocycles. The minimum Gasteiger partial charge on any atom is -0.344 e. The maximum atomic E-state index is 5.10. The third-order valence-electron chi connectivity index (χ3n) is 11.3. The van der Waals surface area contributed by atoms with Crippen LogP contribution in [0.25, 0.3) is 79.0 Å². The highest BCUT2D eigenvalue weighted by atomic mass is 32.1. The van der Waals surface area contributed by atoms with E-state index in [-0.39, 0.29) is 6.17 Å². The number of nitrogens with zero attached hydrogens (tertiary/aromatic N) is 3. The molecule has 1 unspecified atom stereocenters. The maximum Gasteiger partial charge on any atom is 0.159 e. The third-order valence-corrected chi connectivity index (χ3v) is 13.6. The summed E-state index contributed by atoms with van der Waals surface area (Å²) in [4.78, 5) is 10.1. The summed E-state index contributed by atoms with van der Waals surface area (Å²) in [7, 11) is 0. The summed E-state index contributed by atoms with van der Waals surface area (Å²) >= 11 is 3.73. The molecule has 268 valence electrons. The first-order chi connectivity index (χ1) is 28.2. The van der Waals surface area contributed by atoms with Gasteiger partial charge in [0, 0.05) is 62.2 Å². The monoisotopic (exact) mass is 764 g/mol. The van der Waals surface area contributed by atoms with Crippen LogP contribution in [0.3, 0.4) is 0 Å². The maximum absolute atomic E-state index is 5.10. The third kappa shape index (κ3) is 5.18. The summed E-state index contributed by atoms with van der Waals surface area (Å²) in [5.41, 5.74) is 9.29. The Kier molecular flexibility index (Phi) is 7.30. The molecule has 0 aliphatic carbocycles. The van der Waals surface area contributed by atoms with Crippen LogP contribution in [0.2, 0.25) is 0 Å². The van der Waals surface area contributed by atoms with Gasteiger partial charge in [0.15, 0.2) is 5.84 Å². The molecular weight excluding hydrogens is 733 g/mol. The summed E-state index contributed by atoms with van der Waals surface area (Å²) in [5.74, 6) is 1.55. The Hall–Kier alpha value is -6.86. The Labute approximate surface area is 336 Å². The van der Waals surface area contributed by atoms with Gasteiger partial charge in [0.1, 0.15) is 12.0 Å². The molecular formula is C51H32N4S2. The minimum atomic E-state index is -0.242. The average molecular weight is 765 g/mol. The zero-order valence-corrected chi connectivity index (χ0v) is 32.2. The van der Waals surface area contributed by atoms with E-state index in [9.17, 15) is 0 Å². The van der Waals surface area contributed by atoms with Gasteiger partial charge in [-0.1, -0.05) is 127 Å². The normalized spacial score (nSPS) is 14.5. The van der Waals surface area contributed by atoms with E-state index >= 15 is 0 Å². The van der Waals surface area contributed by atoms with E-state index in [1.165, 1.54) is 79.0 Å². The predicted octanol–water partition coefficient (Wildman–Crippen LogP) is 13.7. The van der Waals surface area contributed by atoms with Crippen LogP contribution in [0.1, 0.15) is 22.9 Å². The number of rotatable bonds is 5. The molecule has 57 heavy (non-hydrogen) atoms. The van der Waals surface area contributed by atoms with Crippen molar-refractivity contribution < 1.29 is 0 Å². The van der Waals surface area contributed by atoms with E-state index in [1.807, 2.05) is 46.9 Å². The fraction of sp³-hybridized carbons (Fsp3) is 0.0196. The van der Waals surface area contributed by atoms with Crippen LogP contribution in [0.15, 0.2) is 192 Å². The van der Waals surface area contributed by atoms with Gasteiger partial charge in [0.2, 0.25) is 0 Å². The van der Waals surface area contributed by atoms with Gasteiger partial charge in [-0.15, -0.1) is 22.7 Å². The van der Waals surface area contributed by atoms with Gasteiger partial charge in [0.25, 0.3) is 0 Å². The lowest BCUT2D eigenvalue weighted by Crippen LogP contribution is -2.33. The molecule has 6 heteroatoms. The Morgan fingerprint density at radius 1 is 0.474 bits per heavy atom. The first kappa shape index (κ1) is 32.4. The van der Waals surface area contributed by atoms with Gasteiger partial charge in [0.05, 0.1) is 16.7 Å². The van der Waals surface area contributed by atoms with Crippen molar-refractivity contribution in [3.8, 4) is 16.8 Å². The standard InChI is InChI=1S/C51H32N4S2/c1-3-13-31(14-4-1)49-52-50(32-15-5-2-6-16-32)54-51(53-49)34-26-28-44-39(30-34)38-20-11-19-35(48(38)57-44)33-25-27-45-40(29-33)47-43(23-12-24-46(47)56-45)55-41-21-9-7-17-36(41)37-18-8-10-22-42(37)55/h1-30,49H,(H,52,53,54). The number of amidine groups is 2. The lowest BCUT2D eigenvalue weighted by Gasteiger charge is -2.23. The number of aromatic nitrogens is 1. The second-order valence-electron chi connectivity index (χ2n) is 14.6. The van der Waals surface area contributed by atoms with Crippen molar-refractivity contribution in [2.24, 2.45) is 9.98 Å². The van der Waals surface area contributed by atoms with E-state index in [0.717, 1.165) is 28.4 Å². The lowest BCUT2D eigenvalue weighted by atomic mass is 9.99. The number of hydrogen-bond acceptors (Lipinski definition) is 5. The highest BCUT2D eigenvalue weighted by molar-refractivity contribution is 7.26. The summed E-state index contributed by atoms with van der Waals surface area (Å²) < 4.78 is 7.59. The zero-order valence-electron chi connectivity index (χ0n) is 30.6. The molecule has 0 saturated carbocycles. The molecule has 0 bridgehead atoms. The first-order valence-corrected chi connectivity index (χ1v) is 20.8.